The van der Waals surface area contributed by atoms with Gasteiger partial charge >= 0.3 is 19.5 Å². The molecule has 0 spiro atoms. The summed E-state index contributed by atoms with van der Waals surface area (Å²) in [6, 6.07) is 14.8. The van der Waals surface area contributed by atoms with Gasteiger partial charge in [0.05, 0.1) is 30.2 Å². The van der Waals surface area contributed by atoms with Crippen LogP contribution in [0.4, 0.5) is 0 Å². The minimum absolute atomic E-state index is 0. The van der Waals surface area contributed by atoms with Crippen molar-refractivity contribution < 1.29 is 19.5 Å². The van der Waals surface area contributed by atoms with E-state index in [2.05, 4.69) is 71.5 Å². The van der Waals surface area contributed by atoms with Gasteiger partial charge in [-0.2, -0.15) is 6.66 Å². The molecular weight excluding hydrogens is 683 g/mol. The molecule has 0 unspecified atom stereocenters. The topological polar surface area (TPSA) is 4.93 Å². The molecule has 2 aromatic rings. The Morgan fingerprint density at radius 1 is 0.630 bits per heavy atom. The van der Waals surface area contributed by atoms with Crippen molar-refractivity contribution in [3.63, 3.8) is 0 Å². The van der Waals surface area contributed by atoms with Crippen LogP contribution in [0.1, 0.15) is 135 Å². The number of fused-ring (bicyclic) bond motifs is 2. The molecule has 0 amide bonds. The molecule has 4 heteroatoms. The van der Waals surface area contributed by atoms with Crippen LogP contribution in [0.5, 0.6) is 0 Å². The van der Waals surface area contributed by atoms with E-state index in [0.717, 1.165) is 22.6 Å². The van der Waals surface area contributed by atoms with Gasteiger partial charge in [0, 0.05) is 17.5 Å². The van der Waals surface area contributed by atoms with E-state index in [1.807, 2.05) is 0 Å². The standard InChI is InChI=1S/C35H53NP2.C7H6.Rh/c1-38(31-21-10-4-11-22-31,32-23-12-5-13-24-32)34-26-15-14-25-33(34)36-28-16-27-35(36)37(29-17-6-2-7-18-29)30-19-8-3-9-20-30;1-2-7-4-3-6(1)5-7;/h14-16,25-32H,1-13,17-24H2;1,3,6-7H,5H2;/q;-2;+3/p+1. The predicted octanol–water partition coefficient (Wildman–Crippen LogP) is 11.4. The van der Waals surface area contributed by atoms with Crippen LogP contribution in [0.25, 0.3) is 5.69 Å². The summed E-state index contributed by atoms with van der Waals surface area (Å²) in [6.07, 6.45) is 43.5. The van der Waals surface area contributed by atoms with Gasteiger partial charge in [0.2, 0.25) is 0 Å². The Labute approximate surface area is 297 Å². The first kappa shape index (κ1) is 35.3. The third-order valence-electron chi connectivity index (χ3n) is 12.7. The second-order valence-electron chi connectivity index (χ2n) is 15.5. The minimum atomic E-state index is -1.53. The van der Waals surface area contributed by atoms with Gasteiger partial charge in [-0.15, -0.1) is 0 Å². The first-order chi connectivity index (χ1) is 22.2. The van der Waals surface area contributed by atoms with Crippen molar-refractivity contribution >= 4 is 25.9 Å². The summed E-state index contributed by atoms with van der Waals surface area (Å²) in [5.74, 6) is 1.26. The molecule has 0 atom stereocenters. The molecule has 1 nitrogen and oxygen atoms in total. The second kappa shape index (κ2) is 16.9. The number of aromatic nitrogens is 1. The Morgan fingerprint density at radius 3 is 1.59 bits per heavy atom. The summed E-state index contributed by atoms with van der Waals surface area (Å²) in [5.41, 5.74) is 6.95. The number of hydrogen-bond donors (Lipinski definition) is 0. The van der Waals surface area contributed by atoms with Gasteiger partial charge in [0.1, 0.15) is 0 Å². The molecule has 1 aromatic carbocycles. The van der Waals surface area contributed by atoms with E-state index in [1.165, 1.54) is 135 Å². The van der Waals surface area contributed by atoms with Crippen molar-refractivity contribution in [3.8, 4) is 5.69 Å². The number of benzene rings is 1. The molecule has 1 aromatic heterocycles. The summed E-state index contributed by atoms with van der Waals surface area (Å²) in [6.45, 7) is 5.42. The molecule has 4 fully saturated rings. The fraction of sp³-hybridized carbons (Fsp3) is 0.643. The fourth-order valence-electron chi connectivity index (χ4n) is 10.3. The van der Waals surface area contributed by atoms with Crippen molar-refractivity contribution in [2.75, 3.05) is 0 Å². The van der Waals surface area contributed by atoms with Crippen molar-refractivity contribution in [1.29, 1.82) is 0 Å². The van der Waals surface area contributed by atoms with Gasteiger partial charge in [-0.3, -0.25) is 16.7 Å². The molecule has 8 rings (SSSR count). The van der Waals surface area contributed by atoms with Crippen LogP contribution in [-0.2, 0) is 19.5 Å². The molecule has 1 heterocycles. The van der Waals surface area contributed by atoms with E-state index in [1.54, 1.807) is 16.4 Å². The quantitative estimate of drug-likeness (QED) is 0.151. The molecule has 250 valence electrons. The number of para-hydroxylation sites is 1. The van der Waals surface area contributed by atoms with Gasteiger partial charge in [-0.05, 0) is 127 Å². The maximum atomic E-state index is 5.42. The van der Waals surface area contributed by atoms with E-state index >= 15 is 0 Å². The zero-order chi connectivity index (χ0) is 30.5. The molecule has 0 radical (unpaired) electrons. The summed E-state index contributed by atoms with van der Waals surface area (Å²) in [5, 5.41) is 1.70. The number of hydrogen-bond acceptors (Lipinski definition) is 0. The Kier molecular flexibility index (Phi) is 13.0. The van der Waals surface area contributed by atoms with Gasteiger partial charge in [0.25, 0.3) is 0 Å². The molecule has 6 aliphatic rings. The van der Waals surface area contributed by atoms with Crippen LogP contribution in [-0.4, -0.2) is 27.2 Å². The molecule has 0 aliphatic heterocycles. The molecule has 6 aliphatic carbocycles. The predicted molar refractivity (Wildman–Crippen MR) is 200 cm³/mol. The van der Waals surface area contributed by atoms with E-state index in [0.29, 0.717) is 11.8 Å². The maximum absolute atomic E-state index is 5.42. The Morgan fingerprint density at radius 2 is 1.13 bits per heavy atom. The number of allylic oxidation sites excluding steroid dienone is 4. The van der Waals surface area contributed by atoms with Crippen molar-refractivity contribution in [3.05, 3.63) is 73.6 Å². The first-order valence-corrected chi connectivity index (χ1v) is 23.0. The van der Waals surface area contributed by atoms with E-state index in [9.17, 15) is 0 Å². The van der Waals surface area contributed by atoms with Crippen LogP contribution < -0.4 is 10.7 Å². The summed E-state index contributed by atoms with van der Waals surface area (Å²) >= 11 is 0. The Bertz CT molecular complexity index is 1210. The fourth-order valence-corrected chi connectivity index (χ4v) is 19.6. The molecule has 2 bridgehead atoms. The summed E-state index contributed by atoms with van der Waals surface area (Å²) in [7, 11) is -2.14. The first-order valence-electron chi connectivity index (χ1n) is 19.3. The Balaban J connectivity index is 0.000000407. The third-order valence-corrected chi connectivity index (χ3v) is 21.5. The summed E-state index contributed by atoms with van der Waals surface area (Å²) in [4.78, 5) is 0. The third kappa shape index (κ3) is 7.76. The van der Waals surface area contributed by atoms with E-state index in [-0.39, 0.29) is 19.5 Å². The average Bonchev–Trinajstić information content (AvgIpc) is 3.90. The van der Waals surface area contributed by atoms with Crippen LogP contribution >= 0.6 is 15.2 Å². The van der Waals surface area contributed by atoms with Crippen molar-refractivity contribution in [2.24, 2.45) is 11.8 Å². The average molecular weight is 744 g/mol. The smallest absolute Gasteiger partial charge is 0.527 e. The van der Waals surface area contributed by atoms with Gasteiger partial charge in [-0.25, -0.2) is 0 Å². The minimum Gasteiger partial charge on any atom is -0.527 e. The van der Waals surface area contributed by atoms with Crippen LogP contribution in [0, 0.1) is 30.7 Å². The second-order valence-corrected chi connectivity index (χ2v) is 22.4. The van der Waals surface area contributed by atoms with Crippen molar-refractivity contribution in [2.45, 2.75) is 157 Å². The van der Waals surface area contributed by atoms with E-state index in [4.69, 9.17) is 6.66 Å². The zero-order valence-electron chi connectivity index (χ0n) is 28.4. The van der Waals surface area contributed by atoms with Gasteiger partial charge in [0.15, 0.2) is 5.44 Å². The monoisotopic (exact) mass is 743 g/mol. The molecule has 0 N–H and O–H groups in total. The summed E-state index contributed by atoms with van der Waals surface area (Å²) < 4.78 is 2.76. The van der Waals surface area contributed by atoms with Gasteiger partial charge < -0.3 is 18.1 Å². The largest absolute Gasteiger partial charge is 3.00 e. The molecule has 0 saturated heterocycles. The normalized spacial score (nSPS) is 26.2. The SMILES string of the molecule is [C-]1=CC2C=[C-]C1C2.[CH2-][P+](c1ccccc1-n1cccc1[PH+](C1CCCCC1)C1CCCCC1)(C1CCCCC1)C1CCCCC1.[Rh+3]. The Hall–Kier alpha value is -0.537. The number of rotatable bonds is 7. The van der Waals surface area contributed by atoms with Gasteiger partial charge in [-0.1, -0.05) is 57.4 Å². The van der Waals surface area contributed by atoms with Crippen molar-refractivity contribution in [1.82, 2.24) is 4.57 Å². The van der Waals surface area contributed by atoms with E-state index < -0.39 is 15.2 Å². The number of nitrogens with zero attached hydrogens (tertiary/aromatic N) is 1. The van der Waals surface area contributed by atoms with Crippen LogP contribution in [0.3, 0.4) is 0 Å². The van der Waals surface area contributed by atoms with Crippen LogP contribution in [0.15, 0.2) is 54.7 Å². The molecular formula is C42H60NP2Rh+2. The molecule has 46 heavy (non-hydrogen) atoms. The zero-order valence-corrected chi connectivity index (χ0v) is 32.0. The molecule has 4 saturated carbocycles. The maximum Gasteiger partial charge on any atom is 3.00 e. The van der Waals surface area contributed by atoms with Crippen LogP contribution in [0.2, 0.25) is 0 Å².